The molecule has 1 aliphatic rings. The summed E-state index contributed by atoms with van der Waals surface area (Å²) in [6, 6.07) is 9.54. The molecule has 0 unspecified atom stereocenters. The van der Waals surface area contributed by atoms with Crippen molar-refractivity contribution in [1.82, 2.24) is 19.5 Å². The minimum atomic E-state index is -4.58. The molecule has 0 saturated carbocycles. The number of hydrogen-bond acceptors (Lipinski definition) is 5. The maximum atomic E-state index is 12.8. The van der Waals surface area contributed by atoms with Crippen LogP contribution in [0.4, 0.5) is 24.7 Å². The fourth-order valence-corrected chi connectivity index (χ4v) is 4.30. The molecule has 5 rings (SSSR count). The molecule has 0 saturated heterocycles. The minimum Gasteiger partial charge on any atom is -0.382 e. The van der Waals surface area contributed by atoms with Crippen LogP contribution >= 0.6 is 0 Å². The number of fused-ring (bicyclic) bond motifs is 3. The Hall–Kier alpha value is -3.95. The van der Waals surface area contributed by atoms with Gasteiger partial charge in [-0.25, -0.2) is 9.97 Å². The Morgan fingerprint density at radius 2 is 1.88 bits per heavy atom. The van der Waals surface area contributed by atoms with Gasteiger partial charge in [0.15, 0.2) is 5.82 Å². The summed E-state index contributed by atoms with van der Waals surface area (Å²) >= 11 is 0. The summed E-state index contributed by atoms with van der Waals surface area (Å²) in [5.74, 6) is -0.0135. The molecule has 1 aliphatic carbocycles. The molecule has 33 heavy (non-hydrogen) atoms. The van der Waals surface area contributed by atoms with E-state index in [1.807, 2.05) is 24.3 Å². The van der Waals surface area contributed by atoms with Crippen LogP contribution in [0.1, 0.15) is 28.9 Å². The molecule has 10 heteroatoms. The average molecular weight is 452 g/mol. The SMILES string of the molecule is Nc1ncnc2c3c(n(-c4ccc(CC(=O)Nc5ccnc(C(F)(F)F)c5)cc4)c12)CCC3. The van der Waals surface area contributed by atoms with Gasteiger partial charge in [-0.05, 0) is 54.7 Å². The van der Waals surface area contributed by atoms with Crippen molar-refractivity contribution in [3.05, 3.63) is 71.4 Å². The van der Waals surface area contributed by atoms with Crippen molar-refractivity contribution in [3.63, 3.8) is 0 Å². The van der Waals surface area contributed by atoms with Gasteiger partial charge in [0.1, 0.15) is 17.5 Å². The van der Waals surface area contributed by atoms with E-state index in [0.29, 0.717) is 5.82 Å². The third-order valence-electron chi connectivity index (χ3n) is 5.71. The van der Waals surface area contributed by atoms with Crippen LogP contribution in [0.25, 0.3) is 16.7 Å². The Morgan fingerprint density at radius 3 is 2.64 bits per heavy atom. The largest absolute Gasteiger partial charge is 0.433 e. The predicted octanol–water partition coefficient (Wildman–Crippen LogP) is 4.09. The molecule has 0 bridgehead atoms. The Kier molecular flexibility index (Phi) is 4.99. The maximum Gasteiger partial charge on any atom is 0.433 e. The number of benzene rings is 1. The first kappa shape index (κ1) is 20.9. The maximum absolute atomic E-state index is 12.8. The lowest BCUT2D eigenvalue weighted by atomic mass is 10.1. The normalized spacial score (nSPS) is 13.3. The fraction of sp³-hybridized carbons (Fsp3) is 0.217. The zero-order valence-corrected chi connectivity index (χ0v) is 17.4. The molecule has 0 fully saturated rings. The molecular weight excluding hydrogens is 433 g/mol. The van der Waals surface area contributed by atoms with Gasteiger partial charge in [-0.1, -0.05) is 12.1 Å². The lowest BCUT2D eigenvalue weighted by Gasteiger charge is -2.12. The number of halogens is 3. The van der Waals surface area contributed by atoms with Crippen molar-refractivity contribution in [1.29, 1.82) is 0 Å². The Balaban J connectivity index is 1.37. The molecular formula is C23H19F3N6O. The van der Waals surface area contributed by atoms with Crippen LogP contribution in [0.15, 0.2) is 48.9 Å². The molecule has 168 valence electrons. The van der Waals surface area contributed by atoms with E-state index in [-0.39, 0.29) is 12.1 Å². The number of aryl methyl sites for hydroxylation is 1. The van der Waals surface area contributed by atoms with E-state index in [9.17, 15) is 18.0 Å². The number of alkyl halides is 3. The van der Waals surface area contributed by atoms with Crippen molar-refractivity contribution < 1.29 is 18.0 Å². The molecule has 0 atom stereocenters. The highest BCUT2D eigenvalue weighted by Crippen LogP contribution is 2.36. The number of anilines is 2. The molecule has 3 aromatic heterocycles. The van der Waals surface area contributed by atoms with E-state index in [1.54, 1.807) is 0 Å². The number of pyridine rings is 1. The molecule has 1 amide bonds. The summed E-state index contributed by atoms with van der Waals surface area (Å²) in [6.45, 7) is 0. The number of nitrogens with one attached hydrogen (secondary N) is 1. The van der Waals surface area contributed by atoms with Gasteiger partial charge in [0.25, 0.3) is 0 Å². The summed E-state index contributed by atoms with van der Waals surface area (Å²) in [7, 11) is 0. The number of carbonyl (C=O) groups excluding carboxylic acids is 1. The topological polar surface area (TPSA) is 98.7 Å². The molecule has 0 radical (unpaired) electrons. The molecule has 1 aromatic carbocycles. The molecule has 4 aromatic rings. The van der Waals surface area contributed by atoms with Crippen LogP contribution < -0.4 is 11.1 Å². The number of rotatable bonds is 4. The van der Waals surface area contributed by atoms with Crippen LogP contribution in [0, 0.1) is 0 Å². The average Bonchev–Trinajstić information content (AvgIpc) is 3.36. The molecule has 3 heterocycles. The summed E-state index contributed by atoms with van der Waals surface area (Å²) in [5, 5.41) is 2.49. The standard InChI is InChI=1S/C23H19F3N6O/c24-23(25,26)18-11-14(8-9-28-18)31-19(33)10-13-4-6-15(7-5-13)32-17-3-1-2-16(17)20-21(32)22(27)30-12-29-20/h4-9,11-12H,1-3,10H2,(H2,27,29,30)(H,28,31,33). The van der Waals surface area contributed by atoms with E-state index < -0.39 is 17.8 Å². The molecule has 3 N–H and O–H groups in total. The summed E-state index contributed by atoms with van der Waals surface area (Å²) in [4.78, 5) is 24.3. The number of nitrogens with zero attached hydrogens (tertiary/aromatic N) is 4. The van der Waals surface area contributed by atoms with E-state index >= 15 is 0 Å². The quantitative estimate of drug-likeness (QED) is 0.486. The number of hydrogen-bond donors (Lipinski definition) is 2. The fourth-order valence-electron chi connectivity index (χ4n) is 4.30. The molecule has 0 spiro atoms. The minimum absolute atomic E-state index is 0.0136. The van der Waals surface area contributed by atoms with Gasteiger partial charge in [-0.3, -0.25) is 9.78 Å². The van der Waals surface area contributed by atoms with Crippen LogP contribution in [0.3, 0.4) is 0 Å². The van der Waals surface area contributed by atoms with Gasteiger partial charge in [-0.2, -0.15) is 13.2 Å². The first-order valence-electron chi connectivity index (χ1n) is 10.4. The summed E-state index contributed by atoms with van der Waals surface area (Å²) in [5.41, 5.74) is 10.8. The Labute approximate surface area is 186 Å². The first-order chi connectivity index (χ1) is 15.8. The van der Waals surface area contributed by atoms with E-state index in [1.165, 1.54) is 23.7 Å². The number of nitrogens with two attached hydrogens (primary N) is 1. The summed E-state index contributed by atoms with van der Waals surface area (Å²) < 4.78 is 40.5. The van der Waals surface area contributed by atoms with Gasteiger partial charge in [0, 0.05) is 23.3 Å². The van der Waals surface area contributed by atoms with Crippen LogP contribution in [0.5, 0.6) is 0 Å². The monoisotopic (exact) mass is 452 g/mol. The van der Waals surface area contributed by atoms with Gasteiger partial charge in [0.05, 0.1) is 11.9 Å². The number of amides is 1. The van der Waals surface area contributed by atoms with Gasteiger partial charge in [-0.15, -0.1) is 0 Å². The second-order valence-corrected chi connectivity index (χ2v) is 7.89. The lowest BCUT2D eigenvalue weighted by molar-refractivity contribution is -0.141. The number of carbonyl (C=O) groups is 1. The van der Waals surface area contributed by atoms with E-state index in [0.717, 1.165) is 53.8 Å². The van der Waals surface area contributed by atoms with Crippen molar-refractivity contribution in [3.8, 4) is 5.69 Å². The van der Waals surface area contributed by atoms with Crippen LogP contribution in [-0.4, -0.2) is 25.4 Å². The smallest absolute Gasteiger partial charge is 0.382 e. The zero-order valence-electron chi connectivity index (χ0n) is 17.4. The predicted molar refractivity (Wildman–Crippen MR) is 117 cm³/mol. The second kappa shape index (κ2) is 7.88. The van der Waals surface area contributed by atoms with Crippen molar-refractivity contribution in [2.75, 3.05) is 11.1 Å². The highest BCUT2D eigenvalue weighted by atomic mass is 19.4. The highest BCUT2D eigenvalue weighted by Gasteiger charge is 2.32. The molecule has 7 nitrogen and oxygen atoms in total. The zero-order chi connectivity index (χ0) is 23.2. The van der Waals surface area contributed by atoms with Crippen molar-refractivity contribution in [2.45, 2.75) is 31.9 Å². The highest BCUT2D eigenvalue weighted by molar-refractivity contribution is 5.93. The van der Waals surface area contributed by atoms with Crippen LogP contribution in [-0.2, 0) is 30.2 Å². The van der Waals surface area contributed by atoms with Crippen molar-refractivity contribution >= 4 is 28.4 Å². The third kappa shape index (κ3) is 3.88. The van der Waals surface area contributed by atoms with Gasteiger partial charge in [0.2, 0.25) is 5.91 Å². The van der Waals surface area contributed by atoms with Gasteiger partial charge < -0.3 is 15.6 Å². The van der Waals surface area contributed by atoms with Crippen LogP contribution in [0.2, 0.25) is 0 Å². The first-order valence-corrected chi connectivity index (χ1v) is 10.4. The Bertz CT molecular complexity index is 1360. The number of nitrogen functional groups attached to an aromatic ring is 1. The van der Waals surface area contributed by atoms with Gasteiger partial charge >= 0.3 is 6.18 Å². The molecule has 0 aliphatic heterocycles. The van der Waals surface area contributed by atoms with E-state index in [2.05, 4.69) is 24.8 Å². The third-order valence-corrected chi connectivity index (χ3v) is 5.71. The summed E-state index contributed by atoms with van der Waals surface area (Å²) in [6.07, 6.45) is 0.840. The van der Waals surface area contributed by atoms with Crippen molar-refractivity contribution in [2.24, 2.45) is 0 Å². The Morgan fingerprint density at radius 1 is 1.09 bits per heavy atom. The second-order valence-electron chi connectivity index (χ2n) is 7.89. The van der Waals surface area contributed by atoms with E-state index in [4.69, 9.17) is 5.73 Å². The number of aromatic nitrogens is 4. The lowest BCUT2D eigenvalue weighted by Crippen LogP contribution is -2.16.